The first-order valence-electron chi connectivity index (χ1n) is 8.78. The molecule has 0 spiro atoms. The summed E-state index contributed by atoms with van der Waals surface area (Å²) in [5, 5.41) is 2.78. The van der Waals surface area contributed by atoms with Gasteiger partial charge in [-0.05, 0) is 30.5 Å². The second-order valence-corrected chi connectivity index (χ2v) is 9.30. The number of anilines is 1. The smallest absolute Gasteiger partial charge is 0.246 e. The van der Waals surface area contributed by atoms with E-state index in [1.54, 1.807) is 19.1 Å². The summed E-state index contributed by atoms with van der Waals surface area (Å²) < 4.78 is 38.2. The zero-order chi connectivity index (χ0) is 19.4. The number of ether oxygens (including phenoxy) is 2. The maximum absolute atomic E-state index is 13.0. The Morgan fingerprint density at radius 1 is 1.27 bits per heavy atom. The van der Waals surface area contributed by atoms with Crippen LogP contribution in [0.1, 0.15) is 34.1 Å². The first kappa shape index (κ1) is 20.7. The number of carbonyl (C=O) groups excluding carboxylic acids is 1. The van der Waals surface area contributed by atoms with Gasteiger partial charge in [0.15, 0.2) is 0 Å². The van der Waals surface area contributed by atoms with Crippen molar-refractivity contribution in [3.05, 3.63) is 18.2 Å². The molecule has 146 valence electrons. The molecule has 1 N–H and O–H groups in total. The third-order valence-electron chi connectivity index (χ3n) is 3.81. The molecular formula is C18H28N2O5S. The monoisotopic (exact) mass is 384 g/mol. The topological polar surface area (TPSA) is 84.9 Å². The van der Waals surface area contributed by atoms with Crippen molar-refractivity contribution in [2.75, 3.05) is 38.2 Å². The van der Waals surface area contributed by atoms with Crippen molar-refractivity contribution in [1.29, 1.82) is 0 Å². The highest BCUT2D eigenvalue weighted by Crippen LogP contribution is 2.31. The van der Waals surface area contributed by atoms with Crippen LogP contribution < -0.4 is 10.1 Å². The Balaban J connectivity index is 2.32. The molecule has 0 unspecified atom stereocenters. The number of carbonyl (C=O) groups is 1. The molecule has 1 aliphatic heterocycles. The average Bonchev–Trinajstić information content (AvgIpc) is 2.55. The summed E-state index contributed by atoms with van der Waals surface area (Å²) in [4.78, 5) is 12.2. The van der Waals surface area contributed by atoms with Gasteiger partial charge in [0.2, 0.25) is 15.9 Å². The number of amides is 1. The fraction of sp³-hybridized carbons (Fsp3) is 0.611. The molecule has 0 bridgehead atoms. The molecule has 2 rings (SSSR count). The molecule has 0 radical (unpaired) electrons. The normalized spacial score (nSPS) is 16.3. The van der Waals surface area contributed by atoms with Gasteiger partial charge in [-0.15, -0.1) is 0 Å². The predicted molar refractivity (Wildman–Crippen MR) is 99.9 cm³/mol. The van der Waals surface area contributed by atoms with Gasteiger partial charge < -0.3 is 14.8 Å². The SMILES string of the molecule is CCOc1ccc(NC(=O)CC(C)(C)C)cc1S(=O)(=O)N1CCOCC1. The van der Waals surface area contributed by atoms with E-state index in [-0.39, 0.29) is 22.0 Å². The number of sulfonamides is 1. The van der Waals surface area contributed by atoms with Gasteiger partial charge in [-0.2, -0.15) is 4.31 Å². The molecule has 0 saturated carbocycles. The first-order chi connectivity index (χ1) is 12.1. The number of nitrogens with zero attached hydrogens (tertiary/aromatic N) is 1. The summed E-state index contributed by atoms with van der Waals surface area (Å²) in [6, 6.07) is 4.71. The van der Waals surface area contributed by atoms with Crippen LogP contribution in [0.4, 0.5) is 5.69 Å². The third-order valence-corrected chi connectivity index (χ3v) is 5.73. The lowest BCUT2D eigenvalue weighted by Crippen LogP contribution is -2.40. The molecule has 1 aliphatic rings. The van der Waals surface area contributed by atoms with Gasteiger partial charge in [0.1, 0.15) is 10.6 Å². The van der Waals surface area contributed by atoms with Gasteiger partial charge in [-0.25, -0.2) is 8.42 Å². The molecule has 0 aromatic heterocycles. The van der Waals surface area contributed by atoms with E-state index in [9.17, 15) is 13.2 Å². The van der Waals surface area contributed by atoms with Crippen LogP contribution in [-0.4, -0.2) is 51.5 Å². The van der Waals surface area contributed by atoms with Crippen LogP contribution in [0.25, 0.3) is 0 Å². The van der Waals surface area contributed by atoms with E-state index in [1.165, 1.54) is 10.4 Å². The lowest BCUT2D eigenvalue weighted by Gasteiger charge is -2.27. The molecular weight excluding hydrogens is 356 g/mol. The Morgan fingerprint density at radius 2 is 1.92 bits per heavy atom. The second-order valence-electron chi connectivity index (χ2n) is 7.40. The predicted octanol–water partition coefficient (Wildman–Crippen LogP) is 2.48. The highest BCUT2D eigenvalue weighted by atomic mass is 32.2. The number of morpholine rings is 1. The molecule has 1 aromatic rings. The van der Waals surface area contributed by atoms with Crippen molar-refractivity contribution in [2.45, 2.75) is 39.0 Å². The maximum Gasteiger partial charge on any atom is 0.246 e. The summed E-state index contributed by atoms with van der Waals surface area (Å²) in [6.07, 6.45) is 0.339. The Hall–Kier alpha value is -1.64. The van der Waals surface area contributed by atoms with Gasteiger partial charge in [0, 0.05) is 25.2 Å². The molecule has 26 heavy (non-hydrogen) atoms. The van der Waals surface area contributed by atoms with Crippen molar-refractivity contribution in [3.8, 4) is 5.75 Å². The van der Waals surface area contributed by atoms with Crippen LogP contribution in [0.15, 0.2) is 23.1 Å². The molecule has 0 atom stereocenters. The minimum Gasteiger partial charge on any atom is -0.492 e. The first-order valence-corrected chi connectivity index (χ1v) is 10.2. The standard InChI is InChI=1S/C18H28N2O5S/c1-5-25-15-7-6-14(19-17(21)13-18(2,3)4)12-16(15)26(22,23)20-8-10-24-11-9-20/h6-7,12H,5,8-11,13H2,1-4H3,(H,19,21). The number of benzene rings is 1. The molecule has 1 saturated heterocycles. The van der Waals surface area contributed by atoms with Crippen LogP contribution >= 0.6 is 0 Å². The molecule has 1 fully saturated rings. The van der Waals surface area contributed by atoms with Crippen LogP contribution in [-0.2, 0) is 19.6 Å². The van der Waals surface area contributed by atoms with Gasteiger partial charge in [-0.3, -0.25) is 4.79 Å². The number of hydrogen-bond donors (Lipinski definition) is 1. The van der Waals surface area contributed by atoms with Crippen molar-refractivity contribution < 1.29 is 22.7 Å². The molecule has 8 heteroatoms. The summed E-state index contributed by atoms with van der Waals surface area (Å²) in [5.74, 6) is 0.129. The summed E-state index contributed by atoms with van der Waals surface area (Å²) in [5.41, 5.74) is 0.285. The largest absolute Gasteiger partial charge is 0.492 e. The van der Waals surface area contributed by atoms with Gasteiger partial charge in [0.05, 0.1) is 19.8 Å². The second kappa shape index (κ2) is 8.37. The Bertz CT molecular complexity index is 734. The van der Waals surface area contributed by atoms with Gasteiger partial charge >= 0.3 is 0 Å². The van der Waals surface area contributed by atoms with E-state index >= 15 is 0 Å². The van der Waals surface area contributed by atoms with Gasteiger partial charge in [-0.1, -0.05) is 20.8 Å². The van der Waals surface area contributed by atoms with Crippen LogP contribution in [0.2, 0.25) is 0 Å². The van der Waals surface area contributed by atoms with E-state index in [2.05, 4.69) is 5.32 Å². The zero-order valence-corrected chi connectivity index (χ0v) is 16.7. The lowest BCUT2D eigenvalue weighted by atomic mass is 9.92. The number of hydrogen-bond acceptors (Lipinski definition) is 5. The van der Waals surface area contributed by atoms with E-state index in [1.807, 2.05) is 20.8 Å². The van der Waals surface area contributed by atoms with Crippen LogP contribution in [0.3, 0.4) is 0 Å². The Kier molecular flexibility index (Phi) is 6.65. The highest BCUT2D eigenvalue weighted by Gasteiger charge is 2.30. The lowest BCUT2D eigenvalue weighted by molar-refractivity contribution is -0.117. The van der Waals surface area contributed by atoms with Crippen molar-refractivity contribution >= 4 is 21.6 Å². The van der Waals surface area contributed by atoms with Crippen molar-refractivity contribution in [1.82, 2.24) is 4.31 Å². The Labute approximate surface area is 155 Å². The van der Waals surface area contributed by atoms with Gasteiger partial charge in [0.25, 0.3) is 0 Å². The van der Waals surface area contributed by atoms with Crippen LogP contribution in [0, 0.1) is 5.41 Å². The quantitative estimate of drug-likeness (QED) is 0.814. The maximum atomic E-state index is 13.0. The van der Waals surface area contributed by atoms with E-state index in [0.29, 0.717) is 45.0 Å². The minimum absolute atomic E-state index is 0.0646. The number of rotatable bonds is 6. The fourth-order valence-electron chi connectivity index (χ4n) is 2.68. The molecule has 0 aliphatic carbocycles. The zero-order valence-electron chi connectivity index (χ0n) is 15.9. The minimum atomic E-state index is -3.73. The van der Waals surface area contributed by atoms with E-state index in [0.717, 1.165) is 0 Å². The fourth-order valence-corrected chi connectivity index (χ4v) is 4.24. The summed E-state index contributed by atoms with van der Waals surface area (Å²) in [6.45, 7) is 9.39. The molecule has 1 amide bonds. The Morgan fingerprint density at radius 3 is 2.50 bits per heavy atom. The molecule has 1 aromatic carbocycles. The van der Waals surface area contributed by atoms with Crippen molar-refractivity contribution in [2.24, 2.45) is 5.41 Å². The van der Waals surface area contributed by atoms with Crippen molar-refractivity contribution in [3.63, 3.8) is 0 Å². The third kappa shape index (κ3) is 5.43. The molecule has 7 nitrogen and oxygen atoms in total. The summed E-state index contributed by atoms with van der Waals surface area (Å²) >= 11 is 0. The summed E-state index contributed by atoms with van der Waals surface area (Å²) in [7, 11) is -3.73. The van der Waals surface area contributed by atoms with Crippen LogP contribution in [0.5, 0.6) is 5.75 Å². The average molecular weight is 384 g/mol. The highest BCUT2D eigenvalue weighted by molar-refractivity contribution is 7.89. The molecule has 1 heterocycles. The van der Waals surface area contributed by atoms with E-state index in [4.69, 9.17) is 9.47 Å². The number of nitrogens with one attached hydrogen (secondary N) is 1. The van der Waals surface area contributed by atoms with E-state index < -0.39 is 10.0 Å².